The van der Waals surface area contributed by atoms with Gasteiger partial charge in [0.15, 0.2) is 0 Å². The Morgan fingerprint density at radius 2 is 1.85 bits per heavy atom. The van der Waals surface area contributed by atoms with Crippen LogP contribution in [0.4, 0.5) is 5.69 Å². The highest BCUT2D eigenvalue weighted by atomic mass is 32.2. The first-order valence-corrected chi connectivity index (χ1v) is 9.21. The lowest BCUT2D eigenvalue weighted by molar-refractivity contribution is 0.257. The van der Waals surface area contributed by atoms with Gasteiger partial charge in [0.25, 0.3) is 0 Å². The van der Waals surface area contributed by atoms with Crippen LogP contribution in [0.2, 0.25) is 0 Å². The molecule has 3 rings (SSSR count). The summed E-state index contributed by atoms with van der Waals surface area (Å²) >= 11 is 1.82. The molecule has 1 saturated heterocycles. The van der Waals surface area contributed by atoms with E-state index in [0.29, 0.717) is 6.04 Å². The Balaban J connectivity index is 1.64. The predicted octanol–water partition coefficient (Wildman–Crippen LogP) is 3.77. The zero-order chi connectivity index (χ0) is 13.8. The molecule has 2 nitrogen and oxygen atoms in total. The highest BCUT2D eigenvalue weighted by Crippen LogP contribution is 2.29. The minimum Gasteiger partial charge on any atom is -0.369 e. The molecule has 1 aliphatic heterocycles. The van der Waals surface area contributed by atoms with Crippen molar-refractivity contribution in [3.63, 3.8) is 0 Å². The van der Waals surface area contributed by atoms with E-state index in [1.54, 1.807) is 0 Å². The summed E-state index contributed by atoms with van der Waals surface area (Å²) in [5, 5.41) is 3.77. The van der Waals surface area contributed by atoms with Crippen molar-refractivity contribution < 1.29 is 0 Å². The highest BCUT2D eigenvalue weighted by Gasteiger charge is 2.27. The number of thioether (sulfide) groups is 1. The van der Waals surface area contributed by atoms with Crippen LogP contribution in [0.3, 0.4) is 0 Å². The van der Waals surface area contributed by atoms with Crippen LogP contribution in [-0.2, 0) is 0 Å². The molecule has 2 fully saturated rings. The summed E-state index contributed by atoms with van der Waals surface area (Å²) in [5.41, 5.74) is 1.39. The van der Waals surface area contributed by atoms with E-state index in [2.05, 4.69) is 40.7 Å². The molecular weight excluding hydrogens is 264 g/mol. The largest absolute Gasteiger partial charge is 0.369 e. The van der Waals surface area contributed by atoms with Gasteiger partial charge in [-0.1, -0.05) is 19.3 Å². The first-order valence-electron chi connectivity index (χ1n) is 7.99. The molecule has 0 spiro atoms. The van der Waals surface area contributed by atoms with Gasteiger partial charge in [0.2, 0.25) is 0 Å². The van der Waals surface area contributed by atoms with Gasteiger partial charge >= 0.3 is 0 Å². The third-order valence-corrected chi connectivity index (χ3v) is 5.61. The fraction of sp³-hybridized carbons (Fsp3) is 0.647. The Kier molecular flexibility index (Phi) is 4.90. The zero-order valence-corrected chi connectivity index (χ0v) is 13.3. The van der Waals surface area contributed by atoms with Crippen LogP contribution < -0.4 is 10.2 Å². The smallest absolute Gasteiger partial charge is 0.0367 e. The normalized spacial score (nSPS) is 24.9. The fourth-order valence-electron chi connectivity index (χ4n) is 3.66. The lowest BCUT2D eigenvalue weighted by Crippen LogP contribution is -2.54. The molecule has 110 valence electrons. The molecule has 0 bridgehead atoms. The van der Waals surface area contributed by atoms with Crippen molar-refractivity contribution in [3.05, 3.63) is 24.3 Å². The Hall–Kier alpha value is -0.670. The summed E-state index contributed by atoms with van der Waals surface area (Å²) in [5.74, 6) is 0.900. The van der Waals surface area contributed by atoms with Crippen molar-refractivity contribution in [1.29, 1.82) is 0 Å². The number of hydrogen-bond acceptors (Lipinski definition) is 3. The third kappa shape index (κ3) is 3.32. The highest BCUT2D eigenvalue weighted by molar-refractivity contribution is 7.98. The van der Waals surface area contributed by atoms with Gasteiger partial charge in [-0.3, -0.25) is 0 Å². The summed E-state index contributed by atoms with van der Waals surface area (Å²) in [6.07, 6.45) is 9.31. The van der Waals surface area contributed by atoms with E-state index in [-0.39, 0.29) is 0 Å². The Labute approximate surface area is 127 Å². The van der Waals surface area contributed by atoms with Gasteiger partial charge in [0, 0.05) is 36.3 Å². The minimum atomic E-state index is 0.698. The van der Waals surface area contributed by atoms with E-state index in [1.165, 1.54) is 49.2 Å². The first-order chi connectivity index (χ1) is 9.86. The van der Waals surface area contributed by atoms with Crippen molar-refractivity contribution in [1.82, 2.24) is 5.32 Å². The van der Waals surface area contributed by atoms with E-state index in [4.69, 9.17) is 0 Å². The van der Waals surface area contributed by atoms with Crippen molar-refractivity contribution in [2.24, 2.45) is 5.92 Å². The molecule has 1 heterocycles. The minimum absolute atomic E-state index is 0.698. The average molecular weight is 290 g/mol. The second-order valence-electron chi connectivity index (χ2n) is 6.10. The number of hydrogen-bond donors (Lipinski definition) is 1. The van der Waals surface area contributed by atoms with Crippen LogP contribution in [0, 0.1) is 5.92 Å². The van der Waals surface area contributed by atoms with Crippen LogP contribution in [0.1, 0.15) is 32.1 Å². The van der Waals surface area contributed by atoms with Crippen molar-refractivity contribution in [3.8, 4) is 0 Å². The second kappa shape index (κ2) is 6.86. The summed E-state index contributed by atoms with van der Waals surface area (Å²) in [6.45, 7) is 3.45. The lowest BCUT2D eigenvalue weighted by atomic mass is 9.83. The van der Waals surface area contributed by atoms with Gasteiger partial charge in [-0.15, -0.1) is 11.8 Å². The Morgan fingerprint density at radius 1 is 1.10 bits per heavy atom. The molecule has 3 heteroatoms. The van der Waals surface area contributed by atoms with Crippen LogP contribution >= 0.6 is 11.8 Å². The summed E-state index contributed by atoms with van der Waals surface area (Å²) in [7, 11) is 0. The molecule has 20 heavy (non-hydrogen) atoms. The maximum Gasteiger partial charge on any atom is 0.0367 e. The average Bonchev–Trinajstić information content (AvgIpc) is 2.56. The van der Waals surface area contributed by atoms with Crippen molar-refractivity contribution in [2.45, 2.75) is 43.0 Å². The zero-order valence-electron chi connectivity index (χ0n) is 12.5. The first kappa shape index (κ1) is 14.3. The van der Waals surface area contributed by atoms with Gasteiger partial charge in [-0.2, -0.15) is 0 Å². The van der Waals surface area contributed by atoms with E-state index in [1.807, 2.05) is 11.8 Å². The van der Waals surface area contributed by atoms with Crippen LogP contribution in [-0.4, -0.2) is 31.9 Å². The maximum atomic E-state index is 3.77. The maximum absolute atomic E-state index is 3.77. The number of nitrogens with one attached hydrogen (secondary N) is 1. The number of benzene rings is 1. The molecule has 1 atom stereocenters. The SMILES string of the molecule is CSc1ccc(N2CCNC(C3CCCCC3)C2)cc1. The number of piperazine rings is 1. The van der Waals surface area contributed by atoms with Gasteiger partial charge in [-0.25, -0.2) is 0 Å². The predicted molar refractivity (Wildman–Crippen MR) is 88.8 cm³/mol. The van der Waals surface area contributed by atoms with Gasteiger partial charge in [-0.05, 0) is 49.3 Å². The molecule has 1 aromatic rings. The van der Waals surface area contributed by atoms with E-state index < -0.39 is 0 Å². The van der Waals surface area contributed by atoms with Gasteiger partial charge in [0.1, 0.15) is 0 Å². The monoisotopic (exact) mass is 290 g/mol. The standard InChI is InChI=1S/C17H26N2S/c1-20-16-9-7-15(8-10-16)19-12-11-18-17(13-19)14-5-3-2-4-6-14/h7-10,14,17-18H,2-6,11-13H2,1H3. The summed E-state index contributed by atoms with van der Waals surface area (Å²) < 4.78 is 0. The number of anilines is 1. The second-order valence-corrected chi connectivity index (χ2v) is 6.98. The van der Waals surface area contributed by atoms with Crippen LogP contribution in [0.15, 0.2) is 29.2 Å². The van der Waals surface area contributed by atoms with Crippen molar-refractivity contribution >= 4 is 17.4 Å². The van der Waals surface area contributed by atoms with Gasteiger partial charge < -0.3 is 10.2 Å². The number of nitrogens with zero attached hydrogens (tertiary/aromatic N) is 1. The molecule has 0 aromatic heterocycles. The summed E-state index contributed by atoms with van der Waals surface area (Å²) in [6, 6.07) is 9.77. The van der Waals surface area contributed by atoms with E-state index >= 15 is 0 Å². The topological polar surface area (TPSA) is 15.3 Å². The number of rotatable bonds is 3. The molecule has 1 aromatic carbocycles. The Bertz CT molecular complexity index is 412. The lowest BCUT2D eigenvalue weighted by Gasteiger charge is -2.40. The van der Waals surface area contributed by atoms with Crippen molar-refractivity contribution in [2.75, 3.05) is 30.8 Å². The quantitative estimate of drug-likeness (QED) is 0.853. The molecule has 1 N–H and O–H groups in total. The molecule has 1 aliphatic carbocycles. The third-order valence-electron chi connectivity index (χ3n) is 4.86. The van der Waals surface area contributed by atoms with Crippen LogP contribution in [0.25, 0.3) is 0 Å². The fourth-order valence-corrected chi connectivity index (χ4v) is 4.07. The molecule has 2 aliphatic rings. The summed E-state index contributed by atoms with van der Waals surface area (Å²) in [4.78, 5) is 3.92. The van der Waals surface area contributed by atoms with Gasteiger partial charge in [0.05, 0.1) is 0 Å². The molecule has 1 saturated carbocycles. The molecule has 0 radical (unpaired) electrons. The molecule has 0 amide bonds. The van der Waals surface area contributed by atoms with Crippen LogP contribution in [0.5, 0.6) is 0 Å². The molecule has 1 unspecified atom stereocenters. The Morgan fingerprint density at radius 3 is 2.55 bits per heavy atom. The van der Waals surface area contributed by atoms with E-state index in [9.17, 15) is 0 Å². The molecular formula is C17H26N2S. The van der Waals surface area contributed by atoms with E-state index in [0.717, 1.165) is 19.0 Å².